The lowest BCUT2D eigenvalue weighted by Crippen LogP contribution is -2.05. The molecule has 13 heavy (non-hydrogen) atoms. The highest BCUT2D eigenvalue weighted by Gasteiger charge is 2.12. The summed E-state index contributed by atoms with van der Waals surface area (Å²) in [6.07, 6.45) is 1.31. The van der Waals surface area contributed by atoms with Crippen LogP contribution in [0.1, 0.15) is 18.6 Å². The molecule has 0 unspecified atom stereocenters. The van der Waals surface area contributed by atoms with Crippen LogP contribution < -0.4 is 0 Å². The summed E-state index contributed by atoms with van der Waals surface area (Å²) >= 11 is 0. The topological polar surface area (TPSA) is 20.2 Å². The zero-order valence-electron chi connectivity index (χ0n) is 7.77. The fraction of sp³-hybridized carbons (Fsp3) is 0.250. The van der Waals surface area contributed by atoms with E-state index in [2.05, 4.69) is 12.3 Å². The Morgan fingerprint density at radius 2 is 2.00 bits per heavy atom. The van der Waals surface area contributed by atoms with E-state index in [1.165, 1.54) is 0 Å². The molecule has 1 N–H and O–H groups in total. The van der Waals surface area contributed by atoms with Crippen molar-refractivity contribution in [3.8, 4) is 0 Å². The first-order valence-corrected chi connectivity index (χ1v) is 4.34. The van der Waals surface area contributed by atoms with Crippen molar-refractivity contribution >= 4 is 0 Å². The number of hydrogen-bond donors (Lipinski definition) is 1. The van der Waals surface area contributed by atoms with Gasteiger partial charge >= 0.3 is 0 Å². The largest absolute Gasteiger partial charge is 0.388 e. The van der Waals surface area contributed by atoms with E-state index in [1.54, 1.807) is 6.08 Å². The molecule has 0 spiro atoms. The van der Waals surface area contributed by atoms with Gasteiger partial charge in [-0.1, -0.05) is 43.8 Å². The van der Waals surface area contributed by atoms with Gasteiger partial charge in [0.25, 0.3) is 0 Å². The summed E-state index contributed by atoms with van der Waals surface area (Å²) in [5.41, 5.74) is 3.62. The Hall–Kier alpha value is -1.30. The molecule has 0 aromatic heterocycles. The number of aliphatic hydroxyl groups is 1. The standard InChI is InChI=1S/C12H14O/c1-3-7-10(2)12(13)11-8-5-4-6-9-11/h4-10,12-13H,1H2,2H3/t10-,12+/m1/s1. The van der Waals surface area contributed by atoms with Gasteiger partial charge in [0.1, 0.15) is 0 Å². The predicted octanol–water partition coefficient (Wildman–Crippen LogP) is 2.70. The average molecular weight is 174 g/mol. The Morgan fingerprint density at radius 1 is 1.38 bits per heavy atom. The summed E-state index contributed by atoms with van der Waals surface area (Å²) in [6, 6.07) is 9.60. The first-order chi connectivity index (χ1) is 6.25. The van der Waals surface area contributed by atoms with Crippen molar-refractivity contribution in [2.75, 3.05) is 0 Å². The van der Waals surface area contributed by atoms with Crippen LogP contribution in [0.5, 0.6) is 0 Å². The normalized spacial score (nSPS) is 14.3. The minimum atomic E-state index is -0.463. The molecule has 2 atom stereocenters. The molecule has 0 saturated heterocycles. The van der Waals surface area contributed by atoms with E-state index in [1.807, 2.05) is 37.3 Å². The lowest BCUT2D eigenvalue weighted by molar-refractivity contribution is 0.140. The summed E-state index contributed by atoms with van der Waals surface area (Å²) < 4.78 is 0. The first kappa shape index (κ1) is 9.79. The van der Waals surface area contributed by atoms with Crippen LogP contribution in [-0.4, -0.2) is 5.11 Å². The molecule has 0 aliphatic heterocycles. The fourth-order valence-corrected chi connectivity index (χ4v) is 1.23. The second-order valence-electron chi connectivity index (χ2n) is 3.09. The molecule has 0 radical (unpaired) electrons. The van der Waals surface area contributed by atoms with Gasteiger partial charge in [-0.25, -0.2) is 0 Å². The SMILES string of the molecule is C=C=C[C@@H](C)[C@H](O)c1ccccc1. The molecule has 0 amide bonds. The second-order valence-corrected chi connectivity index (χ2v) is 3.09. The maximum Gasteiger partial charge on any atom is 0.0856 e. The minimum Gasteiger partial charge on any atom is -0.388 e. The first-order valence-electron chi connectivity index (χ1n) is 4.34. The Labute approximate surface area is 79.0 Å². The zero-order chi connectivity index (χ0) is 9.68. The van der Waals surface area contributed by atoms with Crippen LogP contribution in [0.25, 0.3) is 0 Å². The molecule has 0 aliphatic carbocycles. The van der Waals surface area contributed by atoms with Crippen molar-refractivity contribution in [3.63, 3.8) is 0 Å². The van der Waals surface area contributed by atoms with Crippen molar-refractivity contribution in [2.45, 2.75) is 13.0 Å². The Balaban J connectivity index is 2.79. The van der Waals surface area contributed by atoms with Gasteiger partial charge in [0.05, 0.1) is 6.10 Å². The van der Waals surface area contributed by atoms with E-state index in [4.69, 9.17) is 0 Å². The lowest BCUT2D eigenvalue weighted by atomic mass is 9.98. The van der Waals surface area contributed by atoms with Crippen LogP contribution in [0, 0.1) is 5.92 Å². The highest BCUT2D eigenvalue weighted by Crippen LogP contribution is 2.21. The van der Waals surface area contributed by atoms with Crippen molar-refractivity contribution in [1.82, 2.24) is 0 Å². The average Bonchev–Trinajstić information content (AvgIpc) is 2.18. The van der Waals surface area contributed by atoms with Gasteiger partial charge in [0.2, 0.25) is 0 Å². The Morgan fingerprint density at radius 3 is 2.54 bits per heavy atom. The molecule has 1 nitrogen and oxygen atoms in total. The molecule has 0 bridgehead atoms. The van der Waals surface area contributed by atoms with E-state index < -0.39 is 6.10 Å². The molecular formula is C12H14O. The molecule has 68 valence electrons. The zero-order valence-corrected chi connectivity index (χ0v) is 7.77. The van der Waals surface area contributed by atoms with Crippen LogP contribution in [0.2, 0.25) is 0 Å². The Kier molecular flexibility index (Phi) is 3.51. The molecule has 0 heterocycles. The van der Waals surface area contributed by atoms with Gasteiger partial charge in [0.15, 0.2) is 0 Å². The Bertz CT molecular complexity index is 296. The van der Waals surface area contributed by atoms with Crippen LogP contribution >= 0.6 is 0 Å². The molecular weight excluding hydrogens is 160 g/mol. The monoisotopic (exact) mass is 174 g/mol. The third-order valence-corrected chi connectivity index (χ3v) is 2.02. The smallest absolute Gasteiger partial charge is 0.0856 e. The number of rotatable bonds is 3. The third kappa shape index (κ3) is 2.59. The summed E-state index contributed by atoms with van der Waals surface area (Å²) in [6.45, 7) is 5.43. The molecule has 1 aromatic rings. The quantitative estimate of drug-likeness (QED) is 0.698. The van der Waals surface area contributed by atoms with Crippen molar-refractivity contribution in [1.29, 1.82) is 0 Å². The molecule has 1 rings (SSSR count). The highest BCUT2D eigenvalue weighted by atomic mass is 16.3. The van der Waals surface area contributed by atoms with Gasteiger partial charge in [0, 0.05) is 5.92 Å². The van der Waals surface area contributed by atoms with Crippen LogP contribution in [0.15, 0.2) is 48.7 Å². The van der Waals surface area contributed by atoms with E-state index in [9.17, 15) is 5.11 Å². The second kappa shape index (κ2) is 4.66. The van der Waals surface area contributed by atoms with Gasteiger partial charge in [-0.3, -0.25) is 0 Å². The summed E-state index contributed by atoms with van der Waals surface area (Å²) in [4.78, 5) is 0. The van der Waals surface area contributed by atoms with E-state index in [0.29, 0.717) is 0 Å². The van der Waals surface area contributed by atoms with Crippen molar-refractivity contribution in [2.24, 2.45) is 5.92 Å². The van der Waals surface area contributed by atoms with E-state index in [-0.39, 0.29) is 5.92 Å². The molecule has 1 aromatic carbocycles. The summed E-state index contributed by atoms with van der Waals surface area (Å²) in [5.74, 6) is 0.0555. The molecule has 1 heteroatoms. The highest BCUT2D eigenvalue weighted by molar-refractivity contribution is 5.18. The third-order valence-electron chi connectivity index (χ3n) is 2.02. The van der Waals surface area contributed by atoms with Gasteiger partial charge in [-0.2, -0.15) is 0 Å². The van der Waals surface area contributed by atoms with Gasteiger partial charge in [-0.15, -0.1) is 5.73 Å². The minimum absolute atomic E-state index is 0.0555. The van der Waals surface area contributed by atoms with Gasteiger partial charge in [-0.05, 0) is 11.6 Å². The van der Waals surface area contributed by atoms with E-state index in [0.717, 1.165) is 5.56 Å². The number of aliphatic hydroxyl groups excluding tert-OH is 1. The van der Waals surface area contributed by atoms with Crippen molar-refractivity contribution in [3.05, 3.63) is 54.3 Å². The van der Waals surface area contributed by atoms with Crippen LogP contribution in [0.4, 0.5) is 0 Å². The summed E-state index contributed by atoms with van der Waals surface area (Å²) in [7, 11) is 0. The van der Waals surface area contributed by atoms with Gasteiger partial charge < -0.3 is 5.11 Å². The molecule has 0 saturated carbocycles. The van der Waals surface area contributed by atoms with Crippen LogP contribution in [0.3, 0.4) is 0 Å². The molecule has 0 aliphatic rings. The fourth-order valence-electron chi connectivity index (χ4n) is 1.23. The lowest BCUT2D eigenvalue weighted by Gasteiger charge is -2.14. The predicted molar refractivity (Wildman–Crippen MR) is 54.3 cm³/mol. The number of hydrogen-bond acceptors (Lipinski definition) is 1. The molecule has 0 fully saturated rings. The van der Waals surface area contributed by atoms with Crippen molar-refractivity contribution < 1.29 is 5.11 Å². The maximum absolute atomic E-state index is 9.82. The number of benzene rings is 1. The van der Waals surface area contributed by atoms with Crippen LogP contribution in [-0.2, 0) is 0 Å². The van der Waals surface area contributed by atoms with E-state index >= 15 is 0 Å². The maximum atomic E-state index is 9.82. The summed E-state index contributed by atoms with van der Waals surface area (Å²) in [5, 5.41) is 9.82.